The average Bonchev–Trinajstić information content (AvgIpc) is 2.68. The fourth-order valence-electron chi connectivity index (χ4n) is 1.35. The summed E-state index contributed by atoms with van der Waals surface area (Å²) in [5.41, 5.74) is 5.97. The number of aromatic nitrogens is 3. The summed E-state index contributed by atoms with van der Waals surface area (Å²) in [5, 5.41) is 3.87. The van der Waals surface area contributed by atoms with E-state index in [0.717, 1.165) is 0 Å². The fraction of sp³-hybridized carbons (Fsp3) is 0.200. The maximum absolute atomic E-state index is 13.0. The van der Waals surface area contributed by atoms with Crippen molar-refractivity contribution in [2.45, 2.75) is 10.6 Å². The third-order valence-electron chi connectivity index (χ3n) is 2.29. The number of benzene rings is 1. The van der Waals surface area contributed by atoms with Gasteiger partial charge in [-0.05, 0) is 18.2 Å². The molecule has 1 heterocycles. The van der Waals surface area contributed by atoms with Crippen LogP contribution < -0.4 is 5.73 Å². The molecular formula is C10H11FN4OS. The molecule has 2 aromatic rings. The number of rotatable bonds is 3. The van der Waals surface area contributed by atoms with E-state index in [-0.39, 0.29) is 10.6 Å². The van der Waals surface area contributed by atoms with Gasteiger partial charge in [0.25, 0.3) is 0 Å². The second kappa shape index (κ2) is 4.62. The Morgan fingerprint density at radius 2 is 2.29 bits per heavy atom. The van der Waals surface area contributed by atoms with E-state index in [4.69, 9.17) is 5.73 Å². The van der Waals surface area contributed by atoms with E-state index in [1.165, 1.54) is 29.2 Å². The van der Waals surface area contributed by atoms with Gasteiger partial charge in [-0.15, -0.1) is 0 Å². The Kier molecular flexibility index (Phi) is 3.19. The van der Waals surface area contributed by atoms with Gasteiger partial charge in [0.1, 0.15) is 18.0 Å². The summed E-state index contributed by atoms with van der Waals surface area (Å²) in [6, 6.07) is 3.82. The third-order valence-corrected chi connectivity index (χ3v) is 3.65. The lowest BCUT2D eigenvalue weighted by Gasteiger charge is -2.05. The van der Waals surface area contributed by atoms with E-state index in [1.54, 1.807) is 7.05 Å². The third kappa shape index (κ3) is 2.50. The Morgan fingerprint density at radius 3 is 2.94 bits per heavy atom. The number of hydrogen-bond acceptors (Lipinski definition) is 4. The summed E-state index contributed by atoms with van der Waals surface area (Å²) in [7, 11) is 0.270. The van der Waals surface area contributed by atoms with Gasteiger partial charge in [0.05, 0.1) is 21.4 Å². The minimum Gasteiger partial charge on any atom is -0.398 e. The number of nitrogens with two attached hydrogens (primary N) is 1. The predicted octanol–water partition coefficient (Wildman–Crippen LogP) is 0.844. The molecule has 0 amide bonds. The van der Waals surface area contributed by atoms with Gasteiger partial charge in [0.15, 0.2) is 0 Å². The highest BCUT2D eigenvalue weighted by atomic mass is 32.2. The van der Waals surface area contributed by atoms with E-state index in [9.17, 15) is 8.60 Å². The van der Waals surface area contributed by atoms with Gasteiger partial charge in [-0.3, -0.25) is 8.89 Å². The average molecular weight is 254 g/mol. The van der Waals surface area contributed by atoms with Crippen molar-refractivity contribution in [1.82, 2.24) is 14.8 Å². The highest BCUT2D eigenvalue weighted by Gasteiger charge is 2.12. The monoisotopic (exact) mass is 254 g/mol. The first-order valence-corrected chi connectivity index (χ1v) is 6.16. The molecule has 5 nitrogen and oxygen atoms in total. The zero-order valence-electron chi connectivity index (χ0n) is 9.13. The quantitative estimate of drug-likeness (QED) is 0.824. The van der Waals surface area contributed by atoms with Crippen molar-refractivity contribution < 1.29 is 8.60 Å². The molecule has 0 aliphatic carbocycles. The Morgan fingerprint density at radius 1 is 1.53 bits per heavy atom. The molecular weight excluding hydrogens is 243 g/mol. The minimum absolute atomic E-state index is 0.157. The number of nitrogens with zero attached hydrogens (tertiary/aromatic N) is 3. The Labute approximate surface area is 99.9 Å². The maximum Gasteiger partial charge on any atom is 0.139 e. The lowest BCUT2D eigenvalue weighted by atomic mass is 10.3. The normalized spacial score (nSPS) is 12.6. The fourth-order valence-corrected chi connectivity index (χ4v) is 2.58. The lowest BCUT2D eigenvalue weighted by Crippen LogP contribution is -2.06. The standard InChI is InChI=1S/C10H11FN4OS/c1-15-10(13-6-14-15)5-17(16)9-4-7(11)2-3-8(9)12/h2-4,6H,5,12H2,1H3. The molecule has 1 atom stereocenters. The van der Waals surface area contributed by atoms with Crippen LogP contribution in [-0.4, -0.2) is 19.0 Å². The molecule has 2 N–H and O–H groups in total. The molecule has 0 spiro atoms. The molecule has 0 aliphatic rings. The first kappa shape index (κ1) is 11.7. The van der Waals surface area contributed by atoms with E-state index >= 15 is 0 Å². The number of nitrogen functional groups attached to an aromatic ring is 1. The smallest absolute Gasteiger partial charge is 0.139 e. The first-order chi connectivity index (χ1) is 8.08. The molecule has 17 heavy (non-hydrogen) atoms. The van der Waals surface area contributed by atoms with Gasteiger partial charge in [0.2, 0.25) is 0 Å². The van der Waals surface area contributed by atoms with Crippen molar-refractivity contribution in [2.75, 3.05) is 5.73 Å². The molecule has 7 heteroatoms. The molecule has 0 bridgehead atoms. The molecule has 2 rings (SSSR count). The van der Waals surface area contributed by atoms with Crippen molar-refractivity contribution in [3.8, 4) is 0 Å². The second-order valence-electron chi connectivity index (χ2n) is 3.47. The summed E-state index contributed by atoms with van der Waals surface area (Å²) < 4.78 is 26.6. The van der Waals surface area contributed by atoms with Crippen LogP contribution in [0, 0.1) is 5.82 Å². The van der Waals surface area contributed by atoms with Crippen LogP contribution in [0.3, 0.4) is 0 Å². The summed E-state index contributed by atoms with van der Waals surface area (Å²) in [6.45, 7) is 0. The van der Waals surface area contributed by atoms with Crippen molar-refractivity contribution in [3.63, 3.8) is 0 Å². The van der Waals surface area contributed by atoms with Crippen LogP contribution in [0.5, 0.6) is 0 Å². The van der Waals surface area contributed by atoms with Gasteiger partial charge in [-0.2, -0.15) is 5.10 Å². The number of hydrogen-bond donors (Lipinski definition) is 1. The molecule has 0 fully saturated rings. The highest BCUT2D eigenvalue weighted by molar-refractivity contribution is 7.84. The Balaban J connectivity index is 2.26. The zero-order valence-corrected chi connectivity index (χ0v) is 9.95. The second-order valence-corrected chi connectivity index (χ2v) is 4.89. The molecule has 1 aromatic carbocycles. The van der Waals surface area contributed by atoms with Crippen LogP contribution in [0.1, 0.15) is 5.82 Å². The van der Waals surface area contributed by atoms with E-state index in [2.05, 4.69) is 10.1 Å². The van der Waals surface area contributed by atoms with Crippen LogP contribution in [0.15, 0.2) is 29.4 Å². The molecule has 0 saturated heterocycles. The summed E-state index contributed by atoms with van der Waals surface area (Å²) >= 11 is 0. The highest BCUT2D eigenvalue weighted by Crippen LogP contribution is 2.19. The zero-order chi connectivity index (χ0) is 12.4. The van der Waals surface area contributed by atoms with E-state index in [0.29, 0.717) is 11.5 Å². The van der Waals surface area contributed by atoms with Crippen LogP contribution in [-0.2, 0) is 23.6 Å². The topological polar surface area (TPSA) is 73.8 Å². The van der Waals surface area contributed by atoms with Gasteiger partial charge in [-0.1, -0.05) is 0 Å². The first-order valence-electron chi connectivity index (χ1n) is 4.84. The SMILES string of the molecule is Cn1ncnc1CS(=O)c1cc(F)ccc1N. The van der Waals surface area contributed by atoms with Crippen LogP contribution in [0.2, 0.25) is 0 Å². The Hall–Kier alpha value is -1.76. The van der Waals surface area contributed by atoms with Crippen LogP contribution >= 0.6 is 0 Å². The number of anilines is 1. The van der Waals surface area contributed by atoms with E-state index in [1.807, 2.05) is 0 Å². The van der Waals surface area contributed by atoms with Crippen molar-refractivity contribution in [3.05, 3.63) is 36.2 Å². The van der Waals surface area contributed by atoms with Crippen molar-refractivity contribution in [2.24, 2.45) is 7.05 Å². The Bertz CT molecular complexity index is 569. The van der Waals surface area contributed by atoms with Crippen molar-refractivity contribution >= 4 is 16.5 Å². The molecule has 0 aliphatic heterocycles. The molecule has 1 unspecified atom stereocenters. The predicted molar refractivity (Wildman–Crippen MR) is 61.9 cm³/mol. The lowest BCUT2D eigenvalue weighted by molar-refractivity contribution is 0.622. The minimum atomic E-state index is -1.43. The summed E-state index contributed by atoms with van der Waals surface area (Å²) in [6.07, 6.45) is 1.38. The molecule has 90 valence electrons. The molecule has 1 aromatic heterocycles. The van der Waals surface area contributed by atoms with Gasteiger partial charge in [0, 0.05) is 12.7 Å². The van der Waals surface area contributed by atoms with Crippen LogP contribution in [0.4, 0.5) is 10.1 Å². The molecule has 0 saturated carbocycles. The maximum atomic E-state index is 13.0. The van der Waals surface area contributed by atoms with E-state index < -0.39 is 16.6 Å². The van der Waals surface area contributed by atoms with Crippen LogP contribution in [0.25, 0.3) is 0 Å². The van der Waals surface area contributed by atoms with Gasteiger partial charge >= 0.3 is 0 Å². The summed E-state index contributed by atoms with van der Waals surface area (Å²) in [5.74, 6) is 0.261. The molecule has 0 radical (unpaired) electrons. The summed E-state index contributed by atoms with van der Waals surface area (Å²) in [4.78, 5) is 4.24. The number of aryl methyl sites for hydroxylation is 1. The van der Waals surface area contributed by atoms with Crippen molar-refractivity contribution in [1.29, 1.82) is 0 Å². The van der Waals surface area contributed by atoms with Gasteiger partial charge in [-0.25, -0.2) is 9.37 Å². The van der Waals surface area contributed by atoms with Gasteiger partial charge < -0.3 is 5.73 Å². The number of halogens is 1. The largest absolute Gasteiger partial charge is 0.398 e.